The largest absolute Gasteiger partial charge is 0.399 e. The lowest BCUT2D eigenvalue weighted by Gasteiger charge is -2.26. The topological polar surface area (TPSA) is 49.6 Å². The average molecular weight is 265 g/mol. The molecule has 1 aliphatic heterocycles. The molecule has 4 nitrogen and oxygen atoms in total. The van der Waals surface area contributed by atoms with E-state index in [0.717, 1.165) is 19.4 Å². The number of likely N-dealkylation sites (N-methyl/N-ethyl adjacent to an activating group) is 2. The third-order valence-electron chi connectivity index (χ3n) is 3.73. The number of nitrogen functional groups attached to an aromatic ring is 1. The smallest absolute Gasteiger partial charge is 0.256 e. The summed E-state index contributed by atoms with van der Waals surface area (Å²) < 4.78 is 13.7. The molecule has 1 heterocycles. The molecule has 0 aliphatic carbocycles. The molecular formula is C14H20FN3O. The van der Waals surface area contributed by atoms with Crippen LogP contribution < -0.4 is 5.73 Å². The predicted molar refractivity (Wildman–Crippen MR) is 73.4 cm³/mol. The number of likely N-dealkylation sites (tertiary alicyclic amines) is 1. The van der Waals surface area contributed by atoms with E-state index in [1.165, 1.54) is 12.1 Å². The van der Waals surface area contributed by atoms with Gasteiger partial charge in [0.1, 0.15) is 5.82 Å². The van der Waals surface area contributed by atoms with Crippen LogP contribution in [0.2, 0.25) is 0 Å². The van der Waals surface area contributed by atoms with Crippen molar-refractivity contribution in [2.24, 2.45) is 0 Å². The van der Waals surface area contributed by atoms with Crippen molar-refractivity contribution in [1.82, 2.24) is 9.80 Å². The number of hydrogen-bond donors (Lipinski definition) is 1. The summed E-state index contributed by atoms with van der Waals surface area (Å²) in [6.45, 7) is 1.68. The Labute approximate surface area is 113 Å². The maximum Gasteiger partial charge on any atom is 0.256 e. The summed E-state index contributed by atoms with van der Waals surface area (Å²) in [5.74, 6) is -0.852. The van der Waals surface area contributed by atoms with Gasteiger partial charge in [0.15, 0.2) is 0 Å². The van der Waals surface area contributed by atoms with Crippen LogP contribution in [-0.2, 0) is 0 Å². The second kappa shape index (κ2) is 5.57. The number of nitrogens with two attached hydrogens (primary N) is 1. The van der Waals surface area contributed by atoms with Crippen LogP contribution >= 0.6 is 0 Å². The van der Waals surface area contributed by atoms with Crippen molar-refractivity contribution >= 4 is 11.6 Å². The van der Waals surface area contributed by atoms with E-state index in [4.69, 9.17) is 5.73 Å². The molecule has 1 saturated heterocycles. The van der Waals surface area contributed by atoms with Crippen molar-refractivity contribution in [3.05, 3.63) is 29.6 Å². The Kier molecular flexibility index (Phi) is 4.04. The number of carbonyl (C=O) groups excluding carboxylic acids is 1. The summed E-state index contributed by atoms with van der Waals surface area (Å²) in [5.41, 5.74) is 5.89. The molecule has 1 atom stereocenters. The normalized spacial score (nSPS) is 19.6. The monoisotopic (exact) mass is 265 g/mol. The molecule has 0 bridgehead atoms. The molecule has 104 valence electrons. The van der Waals surface area contributed by atoms with Crippen LogP contribution in [-0.4, -0.2) is 48.9 Å². The fourth-order valence-corrected chi connectivity index (χ4v) is 2.52. The molecule has 5 heteroatoms. The van der Waals surface area contributed by atoms with Gasteiger partial charge in [-0.15, -0.1) is 0 Å². The first-order valence-corrected chi connectivity index (χ1v) is 6.50. The highest BCUT2D eigenvalue weighted by Gasteiger charge is 2.25. The minimum atomic E-state index is -0.559. The van der Waals surface area contributed by atoms with Crippen molar-refractivity contribution in [3.63, 3.8) is 0 Å². The maximum absolute atomic E-state index is 13.7. The van der Waals surface area contributed by atoms with Gasteiger partial charge in [0.05, 0.1) is 5.56 Å². The molecule has 1 aromatic carbocycles. The Morgan fingerprint density at radius 1 is 1.58 bits per heavy atom. The van der Waals surface area contributed by atoms with E-state index < -0.39 is 5.82 Å². The fraction of sp³-hybridized carbons (Fsp3) is 0.500. The van der Waals surface area contributed by atoms with Gasteiger partial charge >= 0.3 is 0 Å². The van der Waals surface area contributed by atoms with Gasteiger partial charge in [-0.25, -0.2) is 4.39 Å². The first kappa shape index (κ1) is 13.8. The van der Waals surface area contributed by atoms with Crippen molar-refractivity contribution in [1.29, 1.82) is 0 Å². The van der Waals surface area contributed by atoms with Crippen LogP contribution in [0.5, 0.6) is 0 Å². The van der Waals surface area contributed by atoms with Gasteiger partial charge in [-0.1, -0.05) is 0 Å². The zero-order valence-corrected chi connectivity index (χ0v) is 11.4. The molecule has 19 heavy (non-hydrogen) atoms. The van der Waals surface area contributed by atoms with Crippen LogP contribution in [0, 0.1) is 5.82 Å². The van der Waals surface area contributed by atoms with Crippen molar-refractivity contribution in [3.8, 4) is 0 Å². The van der Waals surface area contributed by atoms with Gasteiger partial charge in [0.2, 0.25) is 0 Å². The van der Waals surface area contributed by atoms with Gasteiger partial charge < -0.3 is 15.5 Å². The Balaban J connectivity index is 2.06. The molecule has 2 rings (SSSR count). The number of carbonyl (C=O) groups is 1. The molecule has 1 aliphatic rings. The highest BCUT2D eigenvalue weighted by atomic mass is 19.1. The standard InChI is InChI=1S/C14H20FN3O/c1-17-7-3-4-11(17)9-18(2)14(19)12-6-5-10(16)8-13(12)15/h5-6,8,11H,3-4,7,9,16H2,1-2H3. The summed E-state index contributed by atoms with van der Waals surface area (Å²) >= 11 is 0. The molecule has 0 spiro atoms. The van der Waals surface area contributed by atoms with Crippen LogP contribution in [0.4, 0.5) is 10.1 Å². The molecule has 1 aromatic rings. The minimum absolute atomic E-state index is 0.0809. The number of benzene rings is 1. The summed E-state index contributed by atoms with van der Waals surface area (Å²) in [5, 5.41) is 0. The third kappa shape index (κ3) is 3.04. The zero-order chi connectivity index (χ0) is 14.0. The molecule has 1 fully saturated rings. The van der Waals surface area contributed by atoms with Gasteiger partial charge in [-0.2, -0.15) is 0 Å². The SMILES string of the molecule is CN(CC1CCCN1C)C(=O)c1ccc(N)cc1F. The van der Waals surface area contributed by atoms with Crippen LogP contribution in [0.25, 0.3) is 0 Å². The average Bonchev–Trinajstić information content (AvgIpc) is 2.74. The van der Waals surface area contributed by atoms with Gasteiger partial charge in [-0.05, 0) is 44.6 Å². The lowest BCUT2D eigenvalue weighted by atomic mass is 10.1. The number of nitrogens with zero attached hydrogens (tertiary/aromatic N) is 2. The molecule has 0 saturated carbocycles. The van der Waals surface area contributed by atoms with Crippen LogP contribution in [0.3, 0.4) is 0 Å². The van der Waals surface area contributed by atoms with E-state index in [-0.39, 0.29) is 11.5 Å². The van der Waals surface area contributed by atoms with Gasteiger partial charge in [0, 0.05) is 25.3 Å². The molecule has 1 unspecified atom stereocenters. The Hall–Kier alpha value is -1.62. The van der Waals surface area contributed by atoms with Crippen molar-refractivity contribution < 1.29 is 9.18 Å². The van der Waals surface area contributed by atoms with Crippen molar-refractivity contribution in [2.75, 3.05) is 32.9 Å². The van der Waals surface area contributed by atoms with E-state index in [1.54, 1.807) is 18.0 Å². The zero-order valence-electron chi connectivity index (χ0n) is 11.4. The summed E-state index contributed by atoms with van der Waals surface area (Å²) in [7, 11) is 3.77. The molecule has 1 amide bonds. The van der Waals surface area contributed by atoms with E-state index in [2.05, 4.69) is 11.9 Å². The Morgan fingerprint density at radius 2 is 2.32 bits per heavy atom. The molecular weight excluding hydrogens is 245 g/mol. The molecule has 0 radical (unpaired) electrons. The van der Waals surface area contributed by atoms with Crippen LogP contribution in [0.15, 0.2) is 18.2 Å². The molecule has 2 N–H and O–H groups in total. The quantitative estimate of drug-likeness (QED) is 0.844. The number of amides is 1. The first-order chi connectivity index (χ1) is 8.99. The Morgan fingerprint density at radius 3 is 2.89 bits per heavy atom. The maximum atomic E-state index is 13.7. The van der Waals surface area contributed by atoms with E-state index in [0.29, 0.717) is 18.3 Å². The summed E-state index contributed by atoms with van der Waals surface area (Å²) in [6.07, 6.45) is 2.23. The highest BCUT2D eigenvalue weighted by molar-refractivity contribution is 5.94. The van der Waals surface area contributed by atoms with Gasteiger partial charge in [-0.3, -0.25) is 4.79 Å². The highest BCUT2D eigenvalue weighted by Crippen LogP contribution is 2.18. The second-order valence-corrected chi connectivity index (χ2v) is 5.20. The number of hydrogen-bond acceptors (Lipinski definition) is 3. The lowest BCUT2D eigenvalue weighted by molar-refractivity contribution is 0.0757. The summed E-state index contributed by atoms with van der Waals surface area (Å²) in [6, 6.07) is 4.54. The van der Waals surface area contributed by atoms with Gasteiger partial charge in [0.25, 0.3) is 5.91 Å². The number of rotatable bonds is 3. The fourth-order valence-electron chi connectivity index (χ4n) is 2.52. The second-order valence-electron chi connectivity index (χ2n) is 5.20. The summed E-state index contributed by atoms with van der Waals surface area (Å²) in [4.78, 5) is 16.0. The van der Waals surface area contributed by atoms with Crippen molar-refractivity contribution in [2.45, 2.75) is 18.9 Å². The van der Waals surface area contributed by atoms with E-state index in [1.807, 2.05) is 0 Å². The number of anilines is 1. The van der Waals surface area contributed by atoms with E-state index in [9.17, 15) is 9.18 Å². The minimum Gasteiger partial charge on any atom is -0.399 e. The van der Waals surface area contributed by atoms with Crippen LogP contribution in [0.1, 0.15) is 23.2 Å². The Bertz CT molecular complexity index is 478. The number of halogens is 1. The lowest BCUT2D eigenvalue weighted by Crippen LogP contribution is -2.39. The predicted octanol–water partition coefficient (Wildman–Crippen LogP) is 1.57. The third-order valence-corrected chi connectivity index (χ3v) is 3.73. The molecule has 0 aromatic heterocycles. The first-order valence-electron chi connectivity index (χ1n) is 6.50. The van der Waals surface area contributed by atoms with E-state index >= 15 is 0 Å².